The molecule has 198 valence electrons. The van der Waals surface area contributed by atoms with Crippen LogP contribution in [0.2, 0.25) is 0 Å². The molecule has 0 amide bonds. The van der Waals surface area contributed by atoms with Crippen molar-refractivity contribution in [1.82, 2.24) is 23.8 Å². The minimum Gasteiger partial charge on any atom is -0.323 e. The molecule has 2 aliphatic rings. The number of hydrogen-bond acceptors (Lipinski definition) is 6. The van der Waals surface area contributed by atoms with Crippen LogP contribution < -0.4 is 5.32 Å². The summed E-state index contributed by atoms with van der Waals surface area (Å²) in [6.45, 7) is 3.46. The molecular formula is C29H34N6O2S. The van der Waals surface area contributed by atoms with E-state index in [0.717, 1.165) is 54.8 Å². The van der Waals surface area contributed by atoms with Crippen molar-refractivity contribution < 1.29 is 8.42 Å². The summed E-state index contributed by atoms with van der Waals surface area (Å²) in [7, 11) is -1.33. The van der Waals surface area contributed by atoms with Crippen LogP contribution in [-0.2, 0) is 10.0 Å². The predicted octanol–water partition coefficient (Wildman–Crippen LogP) is 5.12. The average Bonchev–Trinajstić information content (AvgIpc) is 3.38. The van der Waals surface area contributed by atoms with E-state index in [1.807, 2.05) is 22.7 Å². The van der Waals surface area contributed by atoms with Gasteiger partial charge in [-0.3, -0.25) is 0 Å². The van der Waals surface area contributed by atoms with Crippen molar-refractivity contribution in [3.63, 3.8) is 0 Å². The number of likely N-dealkylation sites (tertiary alicyclic amines) is 1. The Morgan fingerprint density at radius 2 is 1.66 bits per heavy atom. The van der Waals surface area contributed by atoms with Crippen LogP contribution in [0.3, 0.4) is 0 Å². The third-order valence-corrected chi connectivity index (χ3v) is 9.73. The largest absolute Gasteiger partial charge is 0.323 e. The molecule has 0 spiro atoms. The Bertz CT molecular complexity index is 1520. The van der Waals surface area contributed by atoms with Gasteiger partial charge in [-0.25, -0.2) is 17.9 Å². The van der Waals surface area contributed by atoms with Crippen molar-refractivity contribution in [3.8, 4) is 11.3 Å². The first kappa shape index (κ1) is 25.0. The maximum absolute atomic E-state index is 13.3. The molecule has 9 heteroatoms. The van der Waals surface area contributed by atoms with E-state index in [9.17, 15) is 8.42 Å². The lowest BCUT2D eigenvalue weighted by Gasteiger charge is -2.29. The first-order valence-corrected chi connectivity index (χ1v) is 14.9. The molecule has 1 N–H and O–H groups in total. The molecule has 4 aromatic rings. The number of rotatable bonds is 6. The number of anilines is 2. The van der Waals surface area contributed by atoms with Gasteiger partial charge in [-0.2, -0.15) is 4.31 Å². The second kappa shape index (κ2) is 10.5. The Kier molecular flexibility index (Phi) is 6.90. The molecular weight excluding hydrogens is 496 g/mol. The molecule has 0 bridgehead atoms. The van der Waals surface area contributed by atoms with Gasteiger partial charge in [0.15, 0.2) is 0 Å². The molecule has 2 saturated heterocycles. The van der Waals surface area contributed by atoms with E-state index in [0.29, 0.717) is 29.9 Å². The first-order chi connectivity index (χ1) is 18.5. The number of nitrogens with one attached hydrogen (secondary N) is 1. The summed E-state index contributed by atoms with van der Waals surface area (Å²) in [4.78, 5) is 7.21. The molecule has 6 rings (SSSR count). The fourth-order valence-corrected chi connectivity index (χ4v) is 7.12. The van der Waals surface area contributed by atoms with Crippen LogP contribution in [0.1, 0.15) is 43.6 Å². The summed E-state index contributed by atoms with van der Waals surface area (Å²) < 4.78 is 29.9. The summed E-state index contributed by atoms with van der Waals surface area (Å²) in [5, 5.41) is 8.06. The number of aromatic nitrogens is 3. The monoisotopic (exact) mass is 530 g/mol. The first-order valence-electron chi connectivity index (χ1n) is 13.5. The molecule has 0 radical (unpaired) electrons. The highest BCUT2D eigenvalue weighted by atomic mass is 32.2. The normalized spacial score (nSPS) is 18.1. The fraction of sp³-hybridized carbons (Fsp3) is 0.379. The lowest BCUT2D eigenvalue weighted by Crippen LogP contribution is -2.35. The maximum Gasteiger partial charge on any atom is 0.245 e. The molecule has 2 aliphatic heterocycles. The number of benzene rings is 2. The minimum atomic E-state index is -3.52. The lowest BCUT2D eigenvalue weighted by atomic mass is 9.89. The van der Waals surface area contributed by atoms with E-state index in [-0.39, 0.29) is 0 Å². The van der Waals surface area contributed by atoms with Gasteiger partial charge < -0.3 is 10.2 Å². The van der Waals surface area contributed by atoms with Gasteiger partial charge in [0.25, 0.3) is 0 Å². The van der Waals surface area contributed by atoms with Crippen LogP contribution in [-0.4, -0.2) is 65.4 Å². The summed E-state index contributed by atoms with van der Waals surface area (Å²) in [6.07, 6.45) is 7.08. The molecule has 0 atom stereocenters. The molecule has 0 unspecified atom stereocenters. The highest BCUT2D eigenvalue weighted by Crippen LogP contribution is 2.30. The molecule has 4 heterocycles. The number of fused-ring (bicyclic) bond motifs is 1. The molecule has 2 aromatic heterocycles. The van der Waals surface area contributed by atoms with E-state index in [1.165, 1.54) is 18.4 Å². The van der Waals surface area contributed by atoms with Crippen LogP contribution in [0, 0.1) is 0 Å². The van der Waals surface area contributed by atoms with Crippen molar-refractivity contribution in [3.05, 3.63) is 72.4 Å². The predicted molar refractivity (Wildman–Crippen MR) is 150 cm³/mol. The zero-order valence-corrected chi connectivity index (χ0v) is 22.6. The van der Waals surface area contributed by atoms with E-state index in [4.69, 9.17) is 5.10 Å². The molecule has 38 heavy (non-hydrogen) atoms. The van der Waals surface area contributed by atoms with Gasteiger partial charge in [0.05, 0.1) is 22.3 Å². The van der Waals surface area contributed by atoms with Crippen molar-refractivity contribution >= 4 is 27.2 Å². The summed E-state index contributed by atoms with van der Waals surface area (Å²) in [6, 6.07) is 19.6. The second-order valence-electron chi connectivity index (χ2n) is 10.5. The van der Waals surface area contributed by atoms with Crippen LogP contribution in [0.15, 0.2) is 71.8 Å². The number of hydrogen-bond donors (Lipinski definition) is 1. The van der Waals surface area contributed by atoms with Gasteiger partial charge in [-0.15, -0.1) is 5.10 Å². The Labute approximate surface area is 224 Å². The molecule has 8 nitrogen and oxygen atoms in total. The maximum atomic E-state index is 13.3. The molecule has 2 aromatic carbocycles. The van der Waals surface area contributed by atoms with E-state index >= 15 is 0 Å². The third kappa shape index (κ3) is 5.06. The Morgan fingerprint density at radius 1 is 0.895 bits per heavy atom. The van der Waals surface area contributed by atoms with Crippen molar-refractivity contribution in [1.29, 1.82) is 0 Å². The van der Waals surface area contributed by atoms with Gasteiger partial charge in [-0.1, -0.05) is 30.7 Å². The van der Waals surface area contributed by atoms with Gasteiger partial charge in [0.1, 0.15) is 0 Å². The SMILES string of the molecule is CN1CCC(c2ccc(Nc3ncc4ccc(-c5cccc(S(=O)(=O)N6CCCCC6)c5)n4n3)cc2)CC1. The van der Waals surface area contributed by atoms with Gasteiger partial charge in [0, 0.05) is 24.3 Å². The van der Waals surface area contributed by atoms with Crippen LogP contribution >= 0.6 is 0 Å². The zero-order valence-electron chi connectivity index (χ0n) is 21.8. The van der Waals surface area contributed by atoms with Gasteiger partial charge >= 0.3 is 0 Å². The molecule has 0 aliphatic carbocycles. The number of piperidine rings is 2. The summed E-state index contributed by atoms with van der Waals surface area (Å²) in [5.41, 5.74) is 4.78. The van der Waals surface area contributed by atoms with Crippen molar-refractivity contribution in [2.75, 3.05) is 38.5 Å². The fourth-order valence-electron chi connectivity index (χ4n) is 5.56. The Balaban J connectivity index is 1.24. The highest BCUT2D eigenvalue weighted by molar-refractivity contribution is 7.89. The van der Waals surface area contributed by atoms with Crippen molar-refractivity contribution in [2.24, 2.45) is 0 Å². The van der Waals surface area contributed by atoms with Crippen molar-refractivity contribution in [2.45, 2.75) is 42.9 Å². The van der Waals surface area contributed by atoms with Gasteiger partial charge in [0.2, 0.25) is 16.0 Å². The quantitative estimate of drug-likeness (QED) is 0.372. The summed E-state index contributed by atoms with van der Waals surface area (Å²) >= 11 is 0. The zero-order chi connectivity index (χ0) is 26.1. The topological polar surface area (TPSA) is 82.8 Å². The second-order valence-corrected chi connectivity index (χ2v) is 12.4. The lowest BCUT2D eigenvalue weighted by molar-refractivity contribution is 0.255. The van der Waals surface area contributed by atoms with Gasteiger partial charge in [-0.05, 0) is 93.7 Å². The Morgan fingerprint density at radius 3 is 2.42 bits per heavy atom. The third-order valence-electron chi connectivity index (χ3n) is 7.84. The van der Waals surface area contributed by atoms with Crippen LogP contribution in [0.4, 0.5) is 11.6 Å². The highest BCUT2D eigenvalue weighted by Gasteiger charge is 2.26. The average molecular weight is 531 g/mol. The number of nitrogens with zero attached hydrogens (tertiary/aromatic N) is 5. The van der Waals surface area contributed by atoms with Crippen LogP contribution in [0.5, 0.6) is 0 Å². The standard InChI is InChI=1S/C29H34N6O2S/c1-33-18-14-23(15-19-33)22-8-10-25(11-9-22)31-29-30-21-26-12-13-28(35(26)32-29)24-6-5-7-27(20-24)38(36,37)34-16-3-2-4-17-34/h5-13,20-21,23H,2-4,14-19H2,1H3,(H,31,32). The molecule has 2 fully saturated rings. The summed E-state index contributed by atoms with van der Waals surface area (Å²) in [5.74, 6) is 1.10. The van der Waals surface area contributed by atoms with E-state index in [2.05, 4.69) is 46.5 Å². The Hall–Kier alpha value is -3.27. The molecule has 0 saturated carbocycles. The number of sulfonamides is 1. The van der Waals surface area contributed by atoms with E-state index < -0.39 is 10.0 Å². The van der Waals surface area contributed by atoms with Crippen LogP contribution in [0.25, 0.3) is 16.8 Å². The smallest absolute Gasteiger partial charge is 0.245 e. The minimum absolute atomic E-state index is 0.323. The van der Waals surface area contributed by atoms with E-state index in [1.54, 1.807) is 28.7 Å².